The van der Waals surface area contributed by atoms with Crippen molar-refractivity contribution < 1.29 is 0 Å². The molecular formula is C15H11ClN2S2. The van der Waals surface area contributed by atoms with Crippen LogP contribution in [0.2, 0.25) is 5.02 Å². The first-order valence-corrected chi connectivity index (χ1v) is 8.25. The molecular weight excluding hydrogens is 308 g/mol. The standard InChI is InChI=1S/C15H11ClN2S2/c16-13-8-6-11(7-9-13)10-19-15-18-17-14(20-15)12-4-2-1-3-5-12/h1-9H,10H2. The van der Waals surface area contributed by atoms with Gasteiger partial charge in [0.15, 0.2) is 4.34 Å². The maximum absolute atomic E-state index is 5.87. The van der Waals surface area contributed by atoms with Crippen LogP contribution < -0.4 is 0 Å². The zero-order chi connectivity index (χ0) is 13.8. The Labute approximate surface area is 130 Å². The summed E-state index contributed by atoms with van der Waals surface area (Å²) in [6.07, 6.45) is 0. The largest absolute Gasteiger partial charge is 0.174 e. The van der Waals surface area contributed by atoms with Crippen molar-refractivity contribution in [2.75, 3.05) is 0 Å². The van der Waals surface area contributed by atoms with Crippen molar-refractivity contribution in [1.29, 1.82) is 0 Å². The summed E-state index contributed by atoms with van der Waals surface area (Å²) in [4.78, 5) is 0. The Balaban J connectivity index is 1.67. The average molecular weight is 319 g/mol. The Morgan fingerprint density at radius 2 is 1.70 bits per heavy atom. The summed E-state index contributed by atoms with van der Waals surface area (Å²) in [5.41, 5.74) is 2.35. The molecule has 100 valence electrons. The lowest BCUT2D eigenvalue weighted by molar-refractivity contribution is 1.01. The summed E-state index contributed by atoms with van der Waals surface area (Å²) in [5, 5.41) is 10.2. The Hall–Kier alpha value is -1.36. The Bertz CT molecular complexity index is 681. The normalized spacial score (nSPS) is 10.7. The van der Waals surface area contributed by atoms with Crippen LogP contribution in [0, 0.1) is 0 Å². The lowest BCUT2D eigenvalue weighted by atomic mass is 10.2. The van der Waals surface area contributed by atoms with Gasteiger partial charge in [0.1, 0.15) is 5.01 Å². The predicted octanol–water partition coefficient (Wildman–Crippen LogP) is 5.15. The average Bonchev–Trinajstić information content (AvgIpc) is 2.97. The number of hydrogen-bond donors (Lipinski definition) is 0. The minimum Gasteiger partial charge on any atom is -0.137 e. The van der Waals surface area contributed by atoms with Crippen molar-refractivity contribution >= 4 is 34.7 Å². The number of aromatic nitrogens is 2. The Morgan fingerprint density at radius 1 is 0.950 bits per heavy atom. The summed E-state index contributed by atoms with van der Waals surface area (Å²) in [6, 6.07) is 18.0. The fourth-order valence-corrected chi connectivity index (χ4v) is 3.63. The van der Waals surface area contributed by atoms with Crippen LogP contribution >= 0.6 is 34.7 Å². The van der Waals surface area contributed by atoms with Crippen LogP contribution in [0.1, 0.15) is 5.56 Å². The van der Waals surface area contributed by atoms with Crippen molar-refractivity contribution in [2.24, 2.45) is 0 Å². The van der Waals surface area contributed by atoms with Crippen LogP contribution in [0.25, 0.3) is 10.6 Å². The van der Waals surface area contributed by atoms with Crippen LogP contribution in [-0.4, -0.2) is 10.2 Å². The van der Waals surface area contributed by atoms with Gasteiger partial charge in [0.05, 0.1) is 0 Å². The summed E-state index contributed by atoms with van der Waals surface area (Å²) >= 11 is 9.19. The lowest BCUT2D eigenvalue weighted by Crippen LogP contribution is -1.79. The van der Waals surface area contributed by atoms with Crippen molar-refractivity contribution in [1.82, 2.24) is 10.2 Å². The molecule has 0 fully saturated rings. The minimum atomic E-state index is 0.765. The van der Waals surface area contributed by atoms with E-state index in [0.717, 1.165) is 25.7 Å². The predicted molar refractivity (Wildman–Crippen MR) is 86.4 cm³/mol. The van der Waals surface area contributed by atoms with E-state index in [0.29, 0.717) is 0 Å². The van der Waals surface area contributed by atoms with E-state index < -0.39 is 0 Å². The van der Waals surface area contributed by atoms with E-state index in [2.05, 4.69) is 10.2 Å². The van der Waals surface area contributed by atoms with Crippen molar-refractivity contribution in [3.63, 3.8) is 0 Å². The van der Waals surface area contributed by atoms with E-state index in [-0.39, 0.29) is 0 Å². The fraction of sp³-hybridized carbons (Fsp3) is 0.0667. The Kier molecular flexibility index (Phi) is 4.35. The van der Waals surface area contributed by atoms with Gasteiger partial charge in [-0.1, -0.05) is 77.2 Å². The molecule has 0 atom stereocenters. The highest BCUT2D eigenvalue weighted by Gasteiger charge is 2.06. The van der Waals surface area contributed by atoms with E-state index >= 15 is 0 Å². The third-order valence-electron chi connectivity index (χ3n) is 2.70. The van der Waals surface area contributed by atoms with Crippen LogP contribution in [0.4, 0.5) is 0 Å². The van der Waals surface area contributed by atoms with Gasteiger partial charge in [-0.3, -0.25) is 0 Å². The van der Waals surface area contributed by atoms with Gasteiger partial charge in [-0.2, -0.15) is 0 Å². The number of halogens is 1. The van der Waals surface area contributed by atoms with Gasteiger partial charge < -0.3 is 0 Å². The minimum absolute atomic E-state index is 0.765. The molecule has 1 aromatic heterocycles. The van der Waals surface area contributed by atoms with Gasteiger partial charge in [0.2, 0.25) is 0 Å². The second-order valence-corrected chi connectivity index (χ2v) is 6.79. The molecule has 0 spiro atoms. The van der Waals surface area contributed by atoms with Gasteiger partial charge >= 0.3 is 0 Å². The zero-order valence-electron chi connectivity index (χ0n) is 10.5. The third kappa shape index (κ3) is 3.39. The maximum atomic E-state index is 5.87. The molecule has 0 saturated heterocycles. The molecule has 0 saturated carbocycles. The van der Waals surface area contributed by atoms with E-state index in [1.165, 1.54) is 5.56 Å². The van der Waals surface area contributed by atoms with Crippen LogP contribution in [-0.2, 0) is 5.75 Å². The quantitative estimate of drug-likeness (QED) is 0.622. The summed E-state index contributed by atoms with van der Waals surface area (Å²) in [6.45, 7) is 0. The molecule has 1 heterocycles. The fourth-order valence-electron chi connectivity index (χ4n) is 1.69. The molecule has 20 heavy (non-hydrogen) atoms. The van der Waals surface area contributed by atoms with Crippen LogP contribution in [0.15, 0.2) is 58.9 Å². The first-order chi connectivity index (χ1) is 9.81. The van der Waals surface area contributed by atoms with E-state index in [1.807, 2.05) is 54.6 Å². The van der Waals surface area contributed by atoms with Crippen molar-refractivity contribution in [2.45, 2.75) is 10.1 Å². The lowest BCUT2D eigenvalue weighted by Gasteiger charge is -1.98. The smallest absolute Gasteiger partial charge is 0.137 e. The van der Waals surface area contributed by atoms with E-state index in [4.69, 9.17) is 11.6 Å². The third-order valence-corrected chi connectivity index (χ3v) is 5.13. The van der Waals surface area contributed by atoms with Crippen LogP contribution in [0.3, 0.4) is 0 Å². The number of thioether (sulfide) groups is 1. The topological polar surface area (TPSA) is 25.8 Å². The first kappa shape index (κ1) is 13.6. The number of benzene rings is 2. The second kappa shape index (κ2) is 6.39. The highest BCUT2D eigenvalue weighted by Crippen LogP contribution is 2.31. The zero-order valence-corrected chi connectivity index (χ0v) is 12.9. The summed E-state index contributed by atoms with van der Waals surface area (Å²) in [5.74, 6) is 0.876. The number of nitrogens with zero attached hydrogens (tertiary/aromatic N) is 2. The molecule has 0 aliphatic carbocycles. The highest BCUT2D eigenvalue weighted by atomic mass is 35.5. The second-order valence-electron chi connectivity index (χ2n) is 4.15. The summed E-state index contributed by atoms with van der Waals surface area (Å²) in [7, 11) is 0. The van der Waals surface area contributed by atoms with Gasteiger partial charge in [-0.25, -0.2) is 0 Å². The van der Waals surface area contributed by atoms with E-state index in [1.54, 1.807) is 23.1 Å². The maximum Gasteiger partial charge on any atom is 0.174 e. The summed E-state index contributed by atoms with van der Waals surface area (Å²) < 4.78 is 0.985. The first-order valence-electron chi connectivity index (χ1n) is 6.07. The molecule has 2 aromatic carbocycles. The number of hydrogen-bond acceptors (Lipinski definition) is 4. The molecule has 0 bridgehead atoms. The molecule has 0 N–H and O–H groups in total. The molecule has 0 amide bonds. The molecule has 3 aromatic rings. The molecule has 5 heteroatoms. The van der Waals surface area contributed by atoms with Gasteiger partial charge in [0, 0.05) is 16.3 Å². The van der Waals surface area contributed by atoms with Gasteiger partial charge in [-0.15, -0.1) is 10.2 Å². The Morgan fingerprint density at radius 3 is 2.45 bits per heavy atom. The molecule has 2 nitrogen and oxygen atoms in total. The SMILES string of the molecule is Clc1ccc(CSc2nnc(-c3ccccc3)s2)cc1. The molecule has 0 aliphatic heterocycles. The number of rotatable bonds is 4. The molecule has 0 radical (unpaired) electrons. The van der Waals surface area contributed by atoms with E-state index in [9.17, 15) is 0 Å². The van der Waals surface area contributed by atoms with Gasteiger partial charge in [-0.05, 0) is 17.7 Å². The van der Waals surface area contributed by atoms with Crippen molar-refractivity contribution in [3.8, 4) is 10.6 Å². The highest BCUT2D eigenvalue weighted by molar-refractivity contribution is 8.00. The van der Waals surface area contributed by atoms with Crippen LogP contribution in [0.5, 0.6) is 0 Å². The molecule has 0 unspecified atom stereocenters. The van der Waals surface area contributed by atoms with Crippen molar-refractivity contribution in [3.05, 3.63) is 65.2 Å². The monoisotopic (exact) mass is 318 g/mol. The molecule has 0 aliphatic rings. The van der Waals surface area contributed by atoms with Gasteiger partial charge in [0.25, 0.3) is 0 Å². The molecule has 3 rings (SSSR count).